The maximum Gasteiger partial charge on any atom is 0.140 e. The lowest BCUT2D eigenvalue weighted by Gasteiger charge is -2.11. The summed E-state index contributed by atoms with van der Waals surface area (Å²) in [6, 6.07) is 14.2. The summed E-state index contributed by atoms with van der Waals surface area (Å²) in [5.74, 6) is 0.849. The highest BCUT2D eigenvalue weighted by Crippen LogP contribution is 2.36. The molecular weight excluding hydrogens is 314 g/mol. The Bertz CT molecular complexity index is 531. The number of nitrogens with two attached hydrogens (primary N) is 1. The van der Waals surface area contributed by atoms with Gasteiger partial charge in [-0.25, -0.2) is 0 Å². The highest BCUT2D eigenvalue weighted by atomic mass is 79.9. The average molecular weight is 329 g/mol. The molecule has 0 spiro atoms. The Hall–Kier alpha value is -1.03. The first-order valence-corrected chi connectivity index (χ1v) is 6.17. The topological polar surface area (TPSA) is 35.2 Å². The summed E-state index contributed by atoms with van der Waals surface area (Å²) in [4.78, 5) is 0. The summed E-state index contributed by atoms with van der Waals surface area (Å²) in [6.45, 7) is 0.546. The van der Waals surface area contributed by atoms with Crippen LogP contribution in [0.2, 0.25) is 0 Å². The summed E-state index contributed by atoms with van der Waals surface area (Å²) in [5.41, 5.74) is 8.96. The summed E-state index contributed by atoms with van der Waals surface area (Å²) in [7, 11) is 1.68. The quantitative estimate of drug-likeness (QED) is 0.924. The fraction of sp³-hybridized carbons (Fsp3) is 0.143. The predicted molar refractivity (Wildman–Crippen MR) is 81.3 cm³/mol. The van der Waals surface area contributed by atoms with Crippen LogP contribution in [0.3, 0.4) is 0 Å². The molecule has 0 amide bonds. The van der Waals surface area contributed by atoms with Crippen molar-refractivity contribution in [1.82, 2.24) is 0 Å². The van der Waals surface area contributed by atoms with Crippen molar-refractivity contribution in [1.29, 1.82) is 0 Å². The summed E-state index contributed by atoms with van der Waals surface area (Å²) >= 11 is 3.49. The first-order valence-electron chi connectivity index (χ1n) is 5.38. The van der Waals surface area contributed by atoms with Crippen LogP contribution in [-0.4, -0.2) is 7.11 Å². The molecular formula is C14H15BrClNO. The van der Waals surface area contributed by atoms with E-state index in [4.69, 9.17) is 10.5 Å². The van der Waals surface area contributed by atoms with E-state index in [-0.39, 0.29) is 12.4 Å². The van der Waals surface area contributed by atoms with Gasteiger partial charge in [0, 0.05) is 12.1 Å². The maximum atomic E-state index is 5.66. The highest BCUT2D eigenvalue weighted by molar-refractivity contribution is 9.10. The molecule has 18 heavy (non-hydrogen) atoms. The van der Waals surface area contributed by atoms with E-state index in [1.807, 2.05) is 30.3 Å². The molecule has 0 unspecified atom stereocenters. The largest absolute Gasteiger partial charge is 0.495 e. The Labute approximate surface area is 122 Å². The Morgan fingerprint density at radius 1 is 1.17 bits per heavy atom. The lowest BCUT2D eigenvalue weighted by molar-refractivity contribution is 0.414. The van der Waals surface area contributed by atoms with Gasteiger partial charge in [-0.3, -0.25) is 0 Å². The molecule has 0 heterocycles. The van der Waals surface area contributed by atoms with Crippen molar-refractivity contribution in [2.75, 3.05) is 7.11 Å². The first-order chi connectivity index (χ1) is 8.26. The molecule has 2 N–H and O–H groups in total. The second-order valence-electron chi connectivity index (χ2n) is 3.73. The molecule has 96 valence electrons. The molecule has 0 saturated heterocycles. The third-order valence-electron chi connectivity index (χ3n) is 2.64. The van der Waals surface area contributed by atoms with Crippen LogP contribution in [0.4, 0.5) is 0 Å². The Kier molecular flexibility index (Phi) is 5.66. The molecule has 0 bridgehead atoms. The third-order valence-corrected chi connectivity index (χ3v) is 3.27. The van der Waals surface area contributed by atoms with Crippen molar-refractivity contribution in [2.24, 2.45) is 5.73 Å². The van der Waals surface area contributed by atoms with Crippen LogP contribution in [0.1, 0.15) is 5.56 Å². The zero-order valence-electron chi connectivity index (χ0n) is 10.0. The molecule has 0 radical (unpaired) electrons. The number of rotatable bonds is 3. The van der Waals surface area contributed by atoms with Crippen molar-refractivity contribution in [3.05, 3.63) is 52.5 Å². The minimum absolute atomic E-state index is 0. The Morgan fingerprint density at radius 3 is 2.56 bits per heavy atom. The predicted octanol–water partition coefficient (Wildman–Crippen LogP) is 4.01. The lowest BCUT2D eigenvalue weighted by atomic mass is 10.0. The van der Waals surface area contributed by atoms with Crippen molar-refractivity contribution >= 4 is 28.3 Å². The number of para-hydroxylation sites is 1. The smallest absolute Gasteiger partial charge is 0.140 e. The van der Waals surface area contributed by atoms with Crippen molar-refractivity contribution in [2.45, 2.75) is 6.54 Å². The van der Waals surface area contributed by atoms with Gasteiger partial charge in [-0.1, -0.05) is 30.3 Å². The van der Waals surface area contributed by atoms with Gasteiger partial charge in [0.05, 0.1) is 11.6 Å². The molecule has 4 heteroatoms. The van der Waals surface area contributed by atoms with E-state index in [9.17, 15) is 0 Å². The number of hydrogen-bond donors (Lipinski definition) is 1. The number of benzene rings is 2. The van der Waals surface area contributed by atoms with Gasteiger partial charge in [-0.15, -0.1) is 12.4 Å². The van der Waals surface area contributed by atoms with Gasteiger partial charge in [0.1, 0.15) is 5.75 Å². The van der Waals surface area contributed by atoms with E-state index in [0.29, 0.717) is 6.54 Å². The maximum absolute atomic E-state index is 5.66. The zero-order chi connectivity index (χ0) is 12.3. The monoisotopic (exact) mass is 327 g/mol. The molecule has 0 aliphatic carbocycles. The van der Waals surface area contributed by atoms with Gasteiger partial charge in [0.15, 0.2) is 0 Å². The van der Waals surface area contributed by atoms with Crippen LogP contribution < -0.4 is 10.5 Å². The summed E-state index contributed by atoms with van der Waals surface area (Å²) in [6.07, 6.45) is 0. The molecule has 0 aliphatic heterocycles. The second-order valence-corrected chi connectivity index (χ2v) is 4.58. The van der Waals surface area contributed by atoms with E-state index in [0.717, 1.165) is 26.9 Å². The standard InChI is InChI=1S/C14H14BrNO.ClH/c1-17-14-12(6-3-7-13(14)15)11-5-2-4-10(8-11)9-16;/h2-8H,9,16H2,1H3;1H. The van der Waals surface area contributed by atoms with E-state index in [2.05, 4.69) is 28.1 Å². The van der Waals surface area contributed by atoms with Crippen LogP contribution in [-0.2, 0) is 6.54 Å². The van der Waals surface area contributed by atoms with Crippen molar-refractivity contribution in [3.8, 4) is 16.9 Å². The molecule has 0 atom stereocenters. The normalized spacial score (nSPS) is 9.72. The van der Waals surface area contributed by atoms with Gasteiger partial charge < -0.3 is 10.5 Å². The number of ether oxygens (including phenoxy) is 1. The van der Waals surface area contributed by atoms with E-state index in [1.165, 1.54) is 0 Å². The van der Waals surface area contributed by atoms with E-state index < -0.39 is 0 Å². The number of methoxy groups -OCH3 is 1. The molecule has 2 nitrogen and oxygen atoms in total. The SMILES string of the molecule is COc1c(Br)cccc1-c1cccc(CN)c1.Cl. The zero-order valence-corrected chi connectivity index (χ0v) is 12.4. The van der Waals surface area contributed by atoms with Crippen LogP contribution >= 0.6 is 28.3 Å². The van der Waals surface area contributed by atoms with E-state index >= 15 is 0 Å². The van der Waals surface area contributed by atoms with Crippen LogP contribution in [0.15, 0.2) is 46.9 Å². The third kappa shape index (κ3) is 3.05. The summed E-state index contributed by atoms with van der Waals surface area (Å²) < 4.78 is 6.38. The van der Waals surface area contributed by atoms with Crippen molar-refractivity contribution < 1.29 is 4.74 Å². The number of halogens is 2. The highest BCUT2D eigenvalue weighted by Gasteiger charge is 2.08. The van der Waals surface area contributed by atoms with Gasteiger partial charge in [-0.05, 0) is 39.2 Å². The first kappa shape index (κ1) is 15.0. The molecule has 2 rings (SSSR count). The Morgan fingerprint density at radius 2 is 1.89 bits per heavy atom. The van der Waals surface area contributed by atoms with Gasteiger partial charge in [0.25, 0.3) is 0 Å². The molecule has 0 saturated carbocycles. The van der Waals surface area contributed by atoms with E-state index in [1.54, 1.807) is 7.11 Å². The van der Waals surface area contributed by atoms with Crippen LogP contribution in [0, 0.1) is 0 Å². The Balaban J connectivity index is 0.00000162. The second kappa shape index (κ2) is 6.78. The van der Waals surface area contributed by atoms with Crippen LogP contribution in [0.5, 0.6) is 5.75 Å². The molecule has 0 aliphatic rings. The minimum atomic E-state index is 0. The van der Waals surface area contributed by atoms with Crippen LogP contribution in [0.25, 0.3) is 11.1 Å². The summed E-state index contributed by atoms with van der Waals surface area (Å²) in [5, 5.41) is 0. The fourth-order valence-corrected chi connectivity index (χ4v) is 2.34. The fourth-order valence-electron chi connectivity index (χ4n) is 1.81. The molecule has 0 fully saturated rings. The minimum Gasteiger partial charge on any atom is -0.495 e. The molecule has 0 aromatic heterocycles. The molecule has 2 aromatic carbocycles. The van der Waals surface area contributed by atoms with Gasteiger partial charge in [0.2, 0.25) is 0 Å². The van der Waals surface area contributed by atoms with Gasteiger partial charge in [-0.2, -0.15) is 0 Å². The molecule has 2 aromatic rings. The van der Waals surface area contributed by atoms with Gasteiger partial charge >= 0.3 is 0 Å². The average Bonchev–Trinajstić information content (AvgIpc) is 2.38. The van der Waals surface area contributed by atoms with Crippen molar-refractivity contribution in [3.63, 3.8) is 0 Å². The number of hydrogen-bond acceptors (Lipinski definition) is 2. The lowest BCUT2D eigenvalue weighted by Crippen LogP contribution is -1.96.